The van der Waals surface area contributed by atoms with Crippen molar-refractivity contribution in [1.29, 1.82) is 5.26 Å². The zero-order chi connectivity index (χ0) is 17.9. The van der Waals surface area contributed by atoms with Crippen LogP contribution in [0.1, 0.15) is 38.2 Å². The van der Waals surface area contributed by atoms with E-state index in [2.05, 4.69) is 52.0 Å². The summed E-state index contributed by atoms with van der Waals surface area (Å²) in [6.07, 6.45) is 4.99. The Morgan fingerprint density at radius 2 is 1.92 bits per heavy atom. The molecule has 0 unspecified atom stereocenters. The van der Waals surface area contributed by atoms with Gasteiger partial charge in [-0.2, -0.15) is 5.26 Å². The standard InChI is InChI=1S/C22H22N4/c1-2-3-4-7-12-24-18-11-10-16-13-17(15-23)22-25-19-8-5-6-9-20(19)26(22)21(16)14-18/h5-6,8-11,13-14,24H,2-4,7,12H2,1H3. The lowest BCUT2D eigenvalue weighted by Gasteiger charge is -2.10. The van der Waals surface area contributed by atoms with E-state index in [1.54, 1.807) is 0 Å². The van der Waals surface area contributed by atoms with Crippen molar-refractivity contribution in [2.24, 2.45) is 0 Å². The maximum Gasteiger partial charge on any atom is 0.156 e. The average molecular weight is 342 g/mol. The summed E-state index contributed by atoms with van der Waals surface area (Å²) >= 11 is 0. The number of benzene rings is 2. The maximum atomic E-state index is 9.55. The Hall–Kier alpha value is -3.06. The molecule has 0 saturated carbocycles. The van der Waals surface area contributed by atoms with Crippen molar-refractivity contribution in [2.75, 3.05) is 11.9 Å². The van der Waals surface area contributed by atoms with Gasteiger partial charge in [0.15, 0.2) is 5.65 Å². The predicted molar refractivity (Wildman–Crippen MR) is 108 cm³/mol. The van der Waals surface area contributed by atoms with Crippen molar-refractivity contribution >= 4 is 33.3 Å². The number of nitrogens with one attached hydrogen (secondary N) is 1. The first-order chi connectivity index (χ1) is 12.8. The Morgan fingerprint density at radius 1 is 1.04 bits per heavy atom. The molecule has 0 radical (unpaired) electrons. The molecule has 1 N–H and O–H groups in total. The molecule has 26 heavy (non-hydrogen) atoms. The van der Waals surface area contributed by atoms with Crippen LogP contribution in [-0.2, 0) is 0 Å². The van der Waals surface area contributed by atoms with Gasteiger partial charge in [-0.1, -0.05) is 44.4 Å². The molecule has 4 nitrogen and oxygen atoms in total. The largest absolute Gasteiger partial charge is 0.385 e. The lowest BCUT2D eigenvalue weighted by molar-refractivity contribution is 0.685. The molecule has 4 rings (SSSR count). The van der Waals surface area contributed by atoms with Crippen molar-refractivity contribution in [2.45, 2.75) is 32.6 Å². The Labute approximate surface area is 153 Å². The normalized spacial score (nSPS) is 11.2. The van der Waals surface area contributed by atoms with Gasteiger partial charge in [-0.15, -0.1) is 0 Å². The van der Waals surface area contributed by atoms with Crippen molar-refractivity contribution in [3.05, 3.63) is 54.1 Å². The van der Waals surface area contributed by atoms with E-state index in [1.807, 2.05) is 24.3 Å². The molecule has 4 heteroatoms. The summed E-state index contributed by atoms with van der Waals surface area (Å²) in [6, 6.07) is 18.6. The van der Waals surface area contributed by atoms with Crippen molar-refractivity contribution in [3.8, 4) is 6.07 Å². The molecular weight excluding hydrogens is 320 g/mol. The zero-order valence-corrected chi connectivity index (χ0v) is 15.0. The van der Waals surface area contributed by atoms with Gasteiger partial charge in [-0.25, -0.2) is 4.98 Å². The molecule has 0 aliphatic carbocycles. The lowest BCUT2D eigenvalue weighted by atomic mass is 10.1. The van der Waals surface area contributed by atoms with E-state index in [9.17, 15) is 5.26 Å². The topological polar surface area (TPSA) is 53.1 Å². The number of anilines is 1. The minimum Gasteiger partial charge on any atom is -0.385 e. The van der Waals surface area contributed by atoms with Gasteiger partial charge < -0.3 is 5.32 Å². The van der Waals surface area contributed by atoms with Crippen LogP contribution in [0.2, 0.25) is 0 Å². The quantitative estimate of drug-likeness (QED) is 0.470. The highest BCUT2D eigenvalue weighted by Crippen LogP contribution is 2.27. The minimum atomic E-state index is 0.606. The van der Waals surface area contributed by atoms with Gasteiger partial charge in [-0.3, -0.25) is 4.40 Å². The van der Waals surface area contributed by atoms with E-state index in [0.29, 0.717) is 5.56 Å². The summed E-state index contributed by atoms with van der Waals surface area (Å²) in [4.78, 5) is 4.68. The molecule has 2 aromatic heterocycles. The van der Waals surface area contributed by atoms with Crippen LogP contribution >= 0.6 is 0 Å². The Morgan fingerprint density at radius 3 is 2.77 bits per heavy atom. The molecule has 0 atom stereocenters. The van der Waals surface area contributed by atoms with E-state index < -0.39 is 0 Å². The molecular formula is C22H22N4. The van der Waals surface area contributed by atoms with Gasteiger partial charge in [0.2, 0.25) is 0 Å². The van der Waals surface area contributed by atoms with Gasteiger partial charge in [0.25, 0.3) is 0 Å². The zero-order valence-electron chi connectivity index (χ0n) is 15.0. The number of nitrogens with zero attached hydrogens (tertiary/aromatic N) is 3. The third-order valence-corrected chi connectivity index (χ3v) is 4.85. The summed E-state index contributed by atoms with van der Waals surface area (Å²) in [6.45, 7) is 3.21. The molecule has 0 amide bonds. The fraction of sp³-hybridized carbons (Fsp3) is 0.273. The van der Waals surface area contributed by atoms with Crippen LogP contribution in [0.4, 0.5) is 5.69 Å². The van der Waals surface area contributed by atoms with Crippen LogP contribution in [0.5, 0.6) is 0 Å². The highest BCUT2D eigenvalue weighted by Gasteiger charge is 2.12. The molecule has 0 aliphatic heterocycles. The minimum absolute atomic E-state index is 0.606. The molecule has 0 aliphatic rings. The second-order valence-corrected chi connectivity index (χ2v) is 6.69. The van der Waals surface area contributed by atoms with Gasteiger partial charge in [0, 0.05) is 17.6 Å². The third-order valence-electron chi connectivity index (χ3n) is 4.85. The van der Waals surface area contributed by atoms with E-state index in [1.165, 1.54) is 25.7 Å². The van der Waals surface area contributed by atoms with Crippen LogP contribution in [0.3, 0.4) is 0 Å². The number of fused-ring (bicyclic) bond motifs is 5. The van der Waals surface area contributed by atoms with Crippen LogP contribution in [0.25, 0.3) is 27.6 Å². The number of hydrogen-bond donors (Lipinski definition) is 1. The number of nitriles is 1. The second-order valence-electron chi connectivity index (χ2n) is 6.69. The number of aromatic nitrogens is 2. The fourth-order valence-electron chi connectivity index (χ4n) is 3.51. The predicted octanol–water partition coefficient (Wildman–Crippen LogP) is 5.50. The number of rotatable bonds is 6. The summed E-state index contributed by atoms with van der Waals surface area (Å²) in [7, 11) is 0. The Kier molecular flexibility index (Phi) is 4.45. The molecule has 130 valence electrons. The fourth-order valence-corrected chi connectivity index (χ4v) is 3.51. The number of pyridine rings is 1. The van der Waals surface area contributed by atoms with Crippen molar-refractivity contribution < 1.29 is 0 Å². The molecule has 4 aromatic rings. The van der Waals surface area contributed by atoms with Gasteiger partial charge in [0.1, 0.15) is 6.07 Å². The summed E-state index contributed by atoms with van der Waals surface area (Å²) in [5.74, 6) is 0. The van der Waals surface area contributed by atoms with E-state index in [0.717, 1.165) is 39.8 Å². The first-order valence-electron chi connectivity index (χ1n) is 9.30. The molecule has 0 bridgehead atoms. The highest BCUT2D eigenvalue weighted by molar-refractivity contribution is 5.94. The van der Waals surface area contributed by atoms with Gasteiger partial charge in [-0.05, 0) is 36.8 Å². The molecule has 2 aromatic carbocycles. The van der Waals surface area contributed by atoms with E-state index >= 15 is 0 Å². The lowest BCUT2D eigenvalue weighted by Crippen LogP contribution is -2.02. The van der Waals surface area contributed by atoms with Gasteiger partial charge in [0.05, 0.1) is 22.1 Å². The number of imidazole rings is 1. The van der Waals surface area contributed by atoms with Crippen LogP contribution in [-0.4, -0.2) is 15.9 Å². The summed E-state index contributed by atoms with van der Waals surface area (Å²) < 4.78 is 2.10. The maximum absolute atomic E-state index is 9.55. The third kappa shape index (κ3) is 2.86. The van der Waals surface area contributed by atoms with Crippen molar-refractivity contribution in [3.63, 3.8) is 0 Å². The second kappa shape index (κ2) is 7.05. The van der Waals surface area contributed by atoms with Crippen molar-refractivity contribution in [1.82, 2.24) is 9.38 Å². The Balaban J connectivity index is 1.81. The smallest absolute Gasteiger partial charge is 0.156 e. The molecule has 0 spiro atoms. The highest BCUT2D eigenvalue weighted by atomic mass is 15.0. The number of hydrogen-bond acceptors (Lipinski definition) is 3. The monoisotopic (exact) mass is 342 g/mol. The Bertz CT molecular complexity index is 1120. The van der Waals surface area contributed by atoms with Gasteiger partial charge >= 0.3 is 0 Å². The first kappa shape index (κ1) is 16.4. The molecule has 0 saturated heterocycles. The van der Waals surface area contributed by atoms with Crippen LogP contribution in [0.15, 0.2) is 48.5 Å². The summed E-state index contributed by atoms with van der Waals surface area (Å²) in [5.41, 5.74) is 5.46. The molecule has 2 heterocycles. The van der Waals surface area contributed by atoms with E-state index in [-0.39, 0.29) is 0 Å². The first-order valence-corrected chi connectivity index (χ1v) is 9.30. The summed E-state index contributed by atoms with van der Waals surface area (Å²) in [5, 5.41) is 14.1. The molecule has 0 fully saturated rings. The van der Waals surface area contributed by atoms with E-state index in [4.69, 9.17) is 0 Å². The SMILES string of the molecule is CCCCCCNc1ccc2cc(C#N)c3nc4ccccc4n3c2c1. The number of para-hydroxylation sites is 2. The number of unbranched alkanes of at least 4 members (excludes halogenated alkanes) is 3. The van der Waals surface area contributed by atoms with Crippen LogP contribution in [0, 0.1) is 11.3 Å². The van der Waals surface area contributed by atoms with Crippen LogP contribution < -0.4 is 5.32 Å². The average Bonchev–Trinajstić information content (AvgIpc) is 3.07.